The van der Waals surface area contributed by atoms with Crippen molar-refractivity contribution in [1.82, 2.24) is 15.0 Å². The van der Waals surface area contributed by atoms with Crippen LogP contribution in [0.2, 0.25) is 5.28 Å². The third kappa shape index (κ3) is 3.98. The highest BCUT2D eigenvalue weighted by molar-refractivity contribution is 6.28. The number of anilines is 1. The van der Waals surface area contributed by atoms with Crippen LogP contribution in [0.4, 0.5) is 11.6 Å². The molecule has 0 aliphatic carbocycles. The lowest BCUT2D eigenvalue weighted by atomic mass is 10.2. The molecule has 0 atom stereocenters. The molecule has 2 heterocycles. The van der Waals surface area contributed by atoms with Crippen molar-refractivity contribution in [2.75, 3.05) is 18.5 Å². The second-order valence-electron chi connectivity index (χ2n) is 4.77. The number of aromatic nitrogens is 3. The minimum atomic E-state index is -0.772. The maximum atomic E-state index is 11.7. The first-order valence-electron chi connectivity index (χ1n) is 7.16. The number of fused-ring (bicyclic) bond motifs is 1. The summed E-state index contributed by atoms with van der Waals surface area (Å²) >= 11 is 5.81. The van der Waals surface area contributed by atoms with Gasteiger partial charge in [0.1, 0.15) is 17.0 Å². The normalized spacial score (nSPS) is 10.4. The van der Waals surface area contributed by atoms with Crippen LogP contribution in [0.5, 0.6) is 11.8 Å². The maximum Gasteiger partial charge on any atom is 0.345 e. The number of ether oxygens (including phenoxy) is 1. The molecular weight excluding hydrogens is 366 g/mol. The predicted molar refractivity (Wildman–Crippen MR) is 91.8 cm³/mol. The average Bonchev–Trinajstić information content (AvgIpc) is 2.60. The molecule has 132 valence electrons. The average molecular weight is 376 g/mol. The summed E-state index contributed by atoms with van der Waals surface area (Å²) in [6.07, 6.45) is 0. The van der Waals surface area contributed by atoms with Crippen molar-refractivity contribution in [3.05, 3.63) is 50.4 Å². The van der Waals surface area contributed by atoms with Crippen LogP contribution in [0, 0.1) is 0 Å². The monoisotopic (exact) mass is 375 g/mol. The summed E-state index contributed by atoms with van der Waals surface area (Å²) < 4.78 is 10.6. The first-order valence-corrected chi connectivity index (χ1v) is 7.54. The zero-order chi connectivity index (χ0) is 18.5. The Bertz CT molecular complexity index is 1060. The molecule has 3 aromatic rings. The zero-order valence-corrected chi connectivity index (χ0v) is 13.7. The van der Waals surface area contributed by atoms with Gasteiger partial charge >= 0.3 is 11.6 Å². The standard InChI is InChI=1S/C14H10ClN7O4/c15-12-18-13(17-3-4-23)20-14(19-12)25-8-2-1-7-5-9(21-22-16)11(24)26-10(7)6-8/h1-2,5-6,23H,3-4H2,(H,17,18,19,20). The third-order valence-corrected chi connectivity index (χ3v) is 3.20. The van der Waals surface area contributed by atoms with Gasteiger partial charge in [0.2, 0.25) is 11.2 Å². The Kier molecular flexibility index (Phi) is 5.13. The molecule has 3 rings (SSSR count). The van der Waals surface area contributed by atoms with Crippen molar-refractivity contribution in [1.29, 1.82) is 0 Å². The fourth-order valence-corrected chi connectivity index (χ4v) is 2.14. The number of aliphatic hydroxyl groups is 1. The van der Waals surface area contributed by atoms with Gasteiger partial charge < -0.3 is 19.6 Å². The van der Waals surface area contributed by atoms with Crippen LogP contribution in [-0.2, 0) is 0 Å². The van der Waals surface area contributed by atoms with E-state index in [0.29, 0.717) is 5.39 Å². The summed E-state index contributed by atoms with van der Waals surface area (Å²) in [5, 5.41) is 15.3. The number of hydrogen-bond donors (Lipinski definition) is 2. The summed E-state index contributed by atoms with van der Waals surface area (Å²) in [7, 11) is 0. The van der Waals surface area contributed by atoms with E-state index in [1.165, 1.54) is 12.1 Å². The minimum absolute atomic E-state index is 0.0853. The number of aliphatic hydroxyl groups excluding tert-OH is 1. The second-order valence-corrected chi connectivity index (χ2v) is 5.11. The first kappa shape index (κ1) is 17.4. The summed E-state index contributed by atoms with van der Waals surface area (Å²) in [6.45, 7) is 0.120. The molecule has 2 N–H and O–H groups in total. The van der Waals surface area contributed by atoms with Gasteiger partial charge in [0.05, 0.1) is 6.61 Å². The van der Waals surface area contributed by atoms with Gasteiger partial charge in [-0.05, 0) is 35.3 Å². The van der Waals surface area contributed by atoms with Gasteiger partial charge in [-0.1, -0.05) is 5.11 Å². The van der Waals surface area contributed by atoms with Crippen molar-refractivity contribution in [2.45, 2.75) is 0 Å². The molecule has 0 fully saturated rings. The maximum absolute atomic E-state index is 11.7. The molecule has 0 amide bonds. The highest BCUT2D eigenvalue weighted by Crippen LogP contribution is 2.26. The first-order chi connectivity index (χ1) is 12.6. The predicted octanol–water partition coefficient (Wildman–Crippen LogP) is 2.77. The van der Waals surface area contributed by atoms with Crippen molar-refractivity contribution in [2.24, 2.45) is 5.11 Å². The largest absolute Gasteiger partial charge is 0.424 e. The van der Waals surface area contributed by atoms with Gasteiger partial charge in [0, 0.05) is 22.9 Å². The van der Waals surface area contributed by atoms with Gasteiger partial charge in [-0.2, -0.15) is 15.0 Å². The quantitative estimate of drug-likeness (QED) is 0.288. The van der Waals surface area contributed by atoms with Crippen LogP contribution < -0.4 is 15.7 Å². The molecule has 0 unspecified atom stereocenters. The zero-order valence-electron chi connectivity index (χ0n) is 13.0. The Balaban J connectivity index is 1.91. The summed E-state index contributed by atoms with van der Waals surface area (Å²) in [4.78, 5) is 26.0. The van der Waals surface area contributed by atoms with Crippen LogP contribution in [0.1, 0.15) is 0 Å². The molecule has 1 aromatic carbocycles. The fraction of sp³-hybridized carbons (Fsp3) is 0.143. The lowest BCUT2D eigenvalue weighted by molar-refractivity contribution is 0.310. The second kappa shape index (κ2) is 7.66. The van der Waals surface area contributed by atoms with E-state index in [-0.39, 0.29) is 47.4 Å². The van der Waals surface area contributed by atoms with E-state index in [9.17, 15) is 4.79 Å². The van der Waals surface area contributed by atoms with Crippen molar-refractivity contribution in [3.8, 4) is 11.8 Å². The molecular formula is C14H10ClN7O4. The van der Waals surface area contributed by atoms with E-state index >= 15 is 0 Å². The molecule has 2 aromatic heterocycles. The molecule has 0 saturated carbocycles. The number of nitrogens with zero attached hydrogens (tertiary/aromatic N) is 6. The summed E-state index contributed by atoms with van der Waals surface area (Å²) in [6, 6.07) is 5.97. The molecule has 0 spiro atoms. The number of azide groups is 1. The molecule has 0 saturated heterocycles. The molecule has 26 heavy (non-hydrogen) atoms. The lowest BCUT2D eigenvalue weighted by Gasteiger charge is -2.07. The fourth-order valence-electron chi connectivity index (χ4n) is 1.99. The van der Waals surface area contributed by atoms with Gasteiger partial charge in [-0.25, -0.2) is 4.79 Å². The van der Waals surface area contributed by atoms with Gasteiger partial charge in [-0.15, -0.1) is 0 Å². The van der Waals surface area contributed by atoms with E-state index in [1.54, 1.807) is 12.1 Å². The van der Waals surface area contributed by atoms with E-state index < -0.39 is 5.63 Å². The number of hydrogen-bond acceptors (Lipinski definition) is 9. The third-order valence-electron chi connectivity index (χ3n) is 3.03. The highest BCUT2D eigenvalue weighted by Gasteiger charge is 2.09. The number of halogens is 1. The molecule has 0 aliphatic rings. The van der Waals surface area contributed by atoms with E-state index in [2.05, 4.69) is 30.3 Å². The topological polar surface area (TPSA) is 159 Å². The van der Waals surface area contributed by atoms with Crippen LogP contribution in [0.15, 0.2) is 38.6 Å². The number of nitrogens with one attached hydrogen (secondary N) is 1. The van der Waals surface area contributed by atoms with Crippen LogP contribution in [0.3, 0.4) is 0 Å². The number of benzene rings is 1. The SMILES string of the molecule is [N-]=[N+]=Nc1cc2ccc(Oc3nc(Cl)nc(NCCO)n3)cc2oc1=O. The Hall–Kier alpha value is -3.40. The van der Waals surface area contributed by atoms with Crippen LogP contribution in [-0.4, -0.2) is 33.2 Å². The van der Waals surface area contributed by atoms with Gasteiger partial charge in [0.15, 0.2) is 0 Å². The van der Waals surface area contributed by atoms with E-state index in [1.807, 2.05) is 0 Å². The molecule has 0 aliphatic heterocycles. The van der Waals surface area contributed by atoms with Crippen molar-refractivity contribution in [3.63, 3.8) is 0 Å². The number of rotatable bonds is 6. The molecule has 0 radical (unpaired) electrons. The van der Waals surface area contributed by atoms with Gasteiger partial charge in [-0.3, -0.25) is 0 Å². The Morgan fingerprint density at radius 3 is 2.96 bits per heavy atom. The van der Waals surface area contributed by atoms with Crippen LogP contribution in [0.25, 0.3) is 21.4 Å². The van der Waals surface area contributed by atoms with Crippen LogP contribution >= 0.6 is 11.6 Å². The Morgan fingerprint density at radius 2 is 2.19 bits per heavy atom. The molecule has 0 bridgehead atoms. The van der Waals surface area contributed by atoms with E-state index in [0.717, 1.165) is 0 Å². The highest BCUT2D eigenvalue weighted by atomic mass is 35.5. The molecule has 12 heteroatoms. The Labute approximate surface area is 149 Å². The van der Waals surface area contributed by atoms with Gasteiger partial charge in [0.25, 0.3) is 0 Å². The van der Waals surface area contributed by atoms with Crippen molar-refractivity contribution >= 4 is 34.2 Å². The summed E-state index contributed by atoms with van der Waals surface area (Å²) in [5.74, 6) is 0.424. The van der Waals surface area contributed by atoms with E-state index in [4.69, 9.17) is 31.4 Å². The Morgan fingerprint density at radius 1 is 1.35 bits per heavy atom. The minimum Gasteiger partial charge on any atom is -0.424 e. The smallest absolute Gasteiger partial charge is 0.345 e. The van der Waals surface area contributed by atoms with Crippen molar-refractivity contribution < 1.29 is 14.3 Å². The summed E-state index contributed by atoms with van der Waals surface area (Å²) in [5.41, 5.74) is 7.74. The lowest BCUT2D eigenvalue weighted by Crippen LogP contribution is -2.09. The molecule has 11 nitrogen and oxygen atoms in total.